The van der Waals surface area contributed by atoms with Crippen molar-refractivity contribution in [3.8, 4) is 0 Å². The molecular weight excluding hydrogens is 132 g/mol. The Bertz CT molecular complexity index is 150. The summed E-state index contributed by atoms with van der Waals surface area (Å²) in [6.45, 7) is 2.01. The van der Waals surface area contributed by atoms with Crippen LogP contribution in [0.1, 0.15) is 19.8 Å². The topological polar surface area (TPSA) is 35.5 Å². The molecule has 0 aromatic heterocycles. The third kappa shape index (κ3) is 0.814. The molecule has 2 heterocycles. The van der Waals surface area contributed by atoms with Crippen LogP contribution in [-0.2, 0) is 14.3 Å². The lowest BCUT2D eigenvalue weighted by Crippen LogP contribution is -2.13. The van der Waals surface area contributed by atoms with Gasteiger partial charge in [0.05, 0.1) is 12.5 Å². The van der Waals surface area contributed by atoms with E-state index in [4.69, 9.17) is 9.47 Å². The van der Waals surface area contributed by atoms with Gasteiger partial charge in [-0.1, -0.05) is 0 Å². The fraction of sp³-hybridized carbons (Fsp3) is 0.857. The first-order chi connectivity index (χ1) is 4.75. The minimum atomic E-state index is -0.109. The lowest BCUT2D eigenvalue weighted by atomic mass is 10.1. The van der Waals surface area contributed by atoms with Crippen LogP contribution in [0, 0.1) is 0 Å². The molecule has 0 amide bonds. The largest absolute Gasteiger partial charge is 0.459 e. The van der Waals surface area contributed by atoms with E-state index >= 15 is 0 Å². The van der Waals surface area contributed by atoms with Crippen LogP contribution in [0.15, 0.2) is 0 Å². The molecule has 3 atom stereocenters. The van der Waals surface area contributed by atoms with Crippen LogP contribution in [-0.4, -0.2) is 24.3 Å². The summed E-state index contributed by atoms with van der Waals surface area (Å²) in [6.07, 6.45) is 1.71. The van der Waals surface area contributed by atoms with Crippen molar-refractivity contribution in [2.24, 2.45) is 0 Å². The van der Waals surface area contributed by atoms with Gasteiger partial charge in [-0.2, -0.15) is 0 Å². The first kappa shape index (κ1) is 6.16. The molecule has 0 N–H and O–H groups in total. The van der Waals surface area contributed by atoms with E-state index in [1.54, 1.807) is 0 Å². The number of hydrogen-bond donors (Lipinski definition) is 0. The second-order valence-corrected chi connectivity index (χ2v) is 2.95. The lowest BCUT2D eigenvalue weighted by molar-refractivity contribution is -0.141. The maximum Gasteiger partial charge on any atom is 0.308 e. The van der Waals surface area contributed by atoms with Gasteiger partial charge in [0.15, 0.2) is 0 Å². The number of ether oxygens (including phenoxy) is 2. The minimum absolute atomic E-state index is 0.0579. The molecule has 0 bridgehead atoms. The van der Waals surface area contributed by atoms with E-state index in [-0.39, 0.29) is 24.3 Å². The zero-order chi connectivity index (χ0) is 7.14. The van der Waals surface area contributed by atoms with Crippen molar-refractivity contribution in [1.29, 1.82) is 0 Å². The monoisotopic (exact) mass is 142 g/mol. The van der Waals surface area contributed by atoms with Gasteiger partial charge in [0.1, 0.15) is 12.2 Å². The van der Waals surface area contributed by atoms with E-state index in [9.17, 15) is 4.79 Å². The predicted molar refractivity (Wildman–Crippen MR) is 33.4 cm³/mol. The summed E-state index contributed by atoms with van der Waals surface area (Å²) in [5.41, 5.74) is 0. The molecule has 0 aliphatic carbocycles. The summed E-state index contributed by atoms with van der Waals surface area (Å²) < 4.78 is 10.4. The van der Waals surface area contributed by atoms with Crippen molar-refractivity contribution in [2.45, 2.75) is 38.1 Å². The molecule has 3 heteroatoms. The van der Waals surface area contributed by atoms with E-state index in [1.165, 1.54) is 0 Å². The number of fused-ring (bicyclic) bond motifs is 1. The molecule has 2 rings (SSSR count). The molecule has 56 valence electrons. The Morgan fingerprint density at radius 1 is 1.50 bits per heavy atom. The zero-order valence-electron chi connectivity index (χ0n) is 5.87. The number of carbonyl (C=O) groups excluding carboxylic acids is 1. The van der Waals surface area contributed by atoms with Gasteiger partial charge in [-0.15, -0.1) is 0 Å². The van der Waals surface area contributed by atoms with Crippen molar-refractivity contribution < 1.29 is 14.3 Å². The molecule has 2 saturated heterocycles. The Labute approximate surface area is 59.3 Å². The van der Waals surface area contributed by atoms with Crippen molar-refractivity contribution in [3.05, 3.63) is 0 Å². The highest BCUT2D eigenvalue weighted by molar-refractivity contribution is 5.72. The Morgan fingerprint density at radius 2 is 2.30 bits per heavy atom. The van der Waals surface area contributed by atoms with Crippen molar-refractivity contribution >= 4 is 5.97 Å². The number of esters is 1. The molecular formula is C7H10O3. The molecule has 0 spiro atoms. The summed E-state index contributed by atoms with van der Waals surface area (Å²) in [6, 6.07) is 0. The summed E-state index contributed by atoms with van der Waals surface area (Å²) in [5.74, 6) is -0.109. The maximum atomic E-state index is 10.7. The number of hydrogen-bond acceptors (Lipinski definition) is 3. The molecule has 2 unspecified atom stereocenters. The summed E-state index contributed by atoms with van der Waals surface area (Å²) in [7, 11) is 0. The summed E-state index contributed by atoms with van der Waals surface area (Å²) in [4.78, 5) is 10.7. The Morgan fingerprint density at radius 3 is 3.00 bits per heavy atom. The molecule has 0 saturated carbocycles. The van der Waals surface area contributed by atoms with Crippen LogP contribution in [0.5, 0.6) is 0 Å². The fourth-order valence-electron chi connectivity index (χ4n) is 1.61. The number of carbonyl (C=O) groups is 1. The molecule has 2 aliphatic rings. The van der Waals surface area contributed by atoms with Gasteiger partial charge in [0.25, 0.3) is 0 Å². The van der Waals surface area contributed by atoms with Crippen molar-refractivity contribution in [3.63, 3.8) is 0 Å². The highest BCUT2D eigenvalue weighted by Gasteiger charge is 2.42. The number of rotatable bonds is 0. The van der Waals surface area contributed by atoms with Crippen molar-refractivity contribution in [1.82, 2.24) is 0 Å². The van der Waals surface area contributed by atoms with Gasteiger partial charge in [0, 0.05) is 6.42 Å². The summed E-state index contributed by atoms with van der Waals surface area (Å²) >= 11 is 0. The van der Waals surface area contributed by atoms with E-state index in [1.807, 2.05) is 6.92 Å². The highest BCUT2D eigenvalue weighted by Crippen LogP contribution is 2.30. The van der Waals surface area contributed by atoms with Gasteiger partial charge < -0.3 is 9.47 Å². The van der Waals surface area contributed by atoms with Crippen LogP contribution in [0.2, 0.25) is 0 Å². The van der Waals surface area contributed by atoms with E-state index in [0.29, 0.717) is 6.42 Å². The van der Waals surface area contributed by atoms with Crippen LogP contribution >= 0.6 is 0 Å². The normalized spacial score (nSPS) is 45.3. The second kappa shape index (κ2) is 1.95. The van der Waals surface area contributed by atoms with Crippen LogP contribution in [0.25, 0.3) is 0 Å². The Balaban J connectivity index is 2.06. The zero-order valence-corrected chi connectivity index (χ0v) is 5.87. The van der Waals surface area contributed by atoms with Crippen LogP contribution < -0.4 is 0 Å². The molecule has 0 aromatic rings. The molecule has 2 aliphatic heterocycles. The van der Waals surface area contributed by atoms with Gasteiger partial charge in [-0.3, -0.25) is 4.79 Å². The smallest absolute Gasteiger partial charge is 0.308 e. The Hall–Kier alpha value is -0.570. The van der Waals surface area contributed by atoms with Gasteiger partial charge >= 0.3 is 5.97 Å². The molecule has 0 aromatic carbocycles. The molecule has 3 nitrogen and oxygen atoms in total. The average molecular weight is 142 g/mol. The van der Waals surface area contributed by atoms with E-state index in [2.05, 4.69) is 0 Å². The highest BCUT2D eigenvalue weighted by atomic mass is 16.6. The molecule has 2 fully saturated rings. The molecule has 0 radical (unpaired) electrons. The average Bonchev–Trinajstić information content (AvgIpc) is 2.21. The van der Waals surface area contributed by atoms with Crippen molar-refractivity contribution in [2.75, 3.05) is 0 Å². The predicted octanol–water partition coefficient (Wildman–Crippen LogP) is 0.479. The maximum absolute atomic E-state index is 10.7. The minimum Gasteiger partial charge on any atom is -0.459 e. The Kier molecular flexibility index (Phi) is 1.20. The third-order valence-corrected chi connectivity index (χ3v) is 2.04. The van der Waals surface area contributed by atoms with E-state index in [0.717, 1.165) is 6.42 Å². The molecule has 10 heavy (non-hydrogen) atoms. The van der Waals surface area contributed by atoms with Gasteiger partial charge in [-0.25, -0.2) is 0 Å². The fourth-order valence-corrected chi connectivity index (χ4v) is 1.61. The summed E-state index contributed by atoms with van der Waals surface area (Å²) in [5, 5.41) is 0. The SMILES string of the molecule is C[C@@H]1CC2OC(=O)CC2O1. The van der Waals surface area contributed by atoms with Gasteiger partial charge in [0.2, 0.25) is 0 Å². The second-order valence-electron chi connectivity index (χ2n) is 2.95. The van der Waals surface area contributed by atoms with Gasteiger partial charge in [-0.05, 0) is 6.92 Å². The van der Waals surface area contributed by atoms with E-state index < -0.39 is 0 Å². The quantitative estimate of drug-likeness (QED) is 0.461. The lowest BCUT2D eigenvalue weighted by Gasteiger charge is -2.02. The van der Waals surface area contributed by atoms with Crippen LogP contribution in [0.3, 0.4) is 0 Å². The standard InChI is InChI=1S/C7H10O3/c1-4-2-5-6(9-4)3-7(8)10-5/h4-6H,2-3H2,1H3/t4-,5?,6?/m1/s1. The first-order valence-corrected chi connectivity index (χ1v) is 3.60. The van der Waals surface area contributed by atoms with Crippen LogP contribution in [0.4, 0.5) is 0 Å². The third-order valence-electron chi connectivity index (χ3n) is 2.04. The first-order valence-electron chi connectivity index (χ1n) is 3.60.